The van der Waals surface area contributed by atoms with Gasteiger partial charge in [-0.05, 0) is 67.3 Å². The average molecular weight is 490 g/mol. The van der Waals surface area contributed by atoms with Crippen molar-refractivity contribution < 1.29 is 19.2 Å². The molecule has 1 unspecified atom stereocenters. The van der Waals surface area contributed by atoms with E-state index in [-0.39, 0.29) is 24.3 Å². The van der Waals surface area contributed by atoms with Crippen molar-refractivity contribution in [3.05, 3.63) is 65.2 Å². The molecule has 2 aromatic rings. The smallest absolute Gasteiger partial charge is 0.326 e. The van der Waals surface area contributed by atoms with Crippen LogP contribution >= 0.6 is 0 Å². The largest absolute Gasteiger partial charge is 0.352 e. The number of anilines is 1. The molecule has 2 aliphatic carbocycles. The number of rotatable bonds is 7. The Labute approximate surface area is 209 Å². The molecule has 3 atom stereocenters. The summed E-state index contributed by atoms with van der Waals surface area (Å²) in [4.78, 5) is 53.0. The lowest BCUT2D eigenvalue weighted by atomic mass is 9.80. The minimum atomic E-state index is -1.14. The van der Waals surface area contributed by atoms with E-state index in [1.165, 1.54) is 0 Å². The average Bonchev–Trinajstić information content (AvgIpc) is 3.29. The van der Waals surface area contributed by atoms with Gasteiger partial charge in [-0.25, -0.2) is 14.5 Å². The van der Waals surface area contributed by atoms with E-state index in [2.05, 4.69) is 16.0 Å². The van der Waals surface area contributed by atoms with Gasteiger partial charge in [-0.3, -0.25) is 9.59 Å². The first-order chi connectivity index (χ1) is 17.3. The Morgan fingerprint density at radius 3 is 2.53 bits per heavy atom. The molecule has 1 spiro atoms. The summed E-state index contributed by atoms with van der Waals surface area (Å²) >= 11 is 0. The van der Waals surface area contributed by atoms with Gasteiger partial charge < -0.3 is 21.7 Å². The highest BCUT2D eigenvalue weighted by Gasteiger charge is 2.57. The molecule has 3 aliphatic rings. The number of primary amides is 1. The van der Waals surface area contributed by atoms with Crippen molar-refractivity contribution in [2.24, 2.45) is 11.7 Å². The molecule has 1 heterocycles. The van der Waals surface area contributed by atoms with E-state index in [4.69, 9.17) is 5.73 Å². The van der Waals surface area contributed by atoms with E-state index in [9.17, 15) is 19.2 Å². The molecule has 1 saturated heterocycles. The van der Waals surface area contributed by atoms with Crippen LogP contribution in [0.5, 0.6) is 0 Å². The van der Waals surface area contributed by atoms with E-state index in [0.717, 1.165) is 40.9 Å². The molecular weight excluding hydrogens is 458 g/mol. The quantitative estimate of drug-likeness (QED) is 0.445. The highest BCUT2D eigenvalue weighted by molar-refractivity contribution is 6.10. The molecule has 6 amide bonds. The molecule has 1 aliphatic heterocycles. The van der Waals surface area contributed by atoms with Crippen LogP contribution in [0.3, 0.4) is 0 Å². The number of nitrogens with one attached hydrogen (secondary N) is 3. The molecule has 36 heavy (non-hydrogen) atoms. The number of imide groups is 1. The van der Waals surface area contributed by atoms with Crippen LogP contribution in [-0.4, -0.2) is 40.9 Å². The lowest BCUT2D eigenvalue weighted by Gasteiger charge is -2.34. The monoisotopic (exact) mass is 489 g/mol. The van der Waals surface area contributed by atoms with Crippen molar-refractivity contribution >= 4 is 29.6 Å². The second kappa shape index (κ2) is 9.29. The van der Waals surface area contributed by atoms with Gasteiger partial charge in [-0.1, -0.05) is 42.8 Å². The van der Waals surface area contributed by atoms with Gasteiger partial charge in [0.15, 0.2) is 0 Å². The van der Waals surface area contributed by atoms with Crippen LogP contribution in [-0.2, 0) is 28.0 Å². The predicted molar refractivity (Wildman–Crippen MR) is 134 cm³/mol. The standard InChI is InChI=1S/C27H31N5O4/c1-16(18-6-4-7-18)29-23(33)22(15-17-9-11-20(12-10-17)30-25(28)35)32-24(34)27(31-26(32)36)14-13-19-5-2-3-8-21(19)27/h2-3,5,8-12,16,18,22H,4,6-7,13-15H2,1H3,(H,29,33)(H,31,36)(H3,28,30,35)/t16-,22?,27-/m0/s1. The maximum Gasteiger partial charge on any atom is 0.326 e. The topological polar surface area (TPSA) is 134 Å². The minimum absolute atomic E-state index is 0.0437. The molecule has 0 aromatic heterocycles. The van der Waals surface area contributed by atoms with Crippen molar-refractivity contribution in [3.63, 3.8) is 0 Å². The summed E-state index contributed by atoms with van der Waals surface area (Å²) in [6.07, 6.45) is 4.56. The van der Waals surface area contributed by atoms with Gasteiger partial charge in [-0.15, -0.1) is 0 Å². The zero-order chi connectivity index (χ0) is 25.4. The number of aryl methyl sites for hydroxylation is 1. The van der Waals surface area contributed by atoms with Crippen molar-refractivity contribution in [3.8, 4) is 0 Å². The van der Waals surface area contributed by atoms with E-state index in [0.29, 0.717) is 24.4 Å². The van der Waals surface area contributed by atoms with Crippen LogP contribution in [0.4, 0.5) is 15.3 Å². The summed E-state index contributed by atoms with van der Waals surface area (Å²) < 4.78 is 0. The molecular formula is C27H31N5O4. The van der Waals surface area contributed by atoms with Gasteiger partial charge in [0.05, 0.1) is 0 Å². The number of fused-ring (bicyclic) bond motifs is 2. The Kier molecular flexibility index (Phi) is 6.15. The molecule has 5 N–H and O–H groups in total. The van der Waals surface area contributed by atoms with Crippen LogP contribution in [0, 0.1) is 5.92 Å². The molecule has 2 aromatic carbocycles. The van der Waals surface area contributed by atoms with Crippen LogP contribution in [0.1, 0.15) is 49.3 Å². The Morgan fingerprint density at radius 2 is 1.86 bits per heavy atom. The SMILES string of the molecule is C[C@H](NC(=O)C(Cc1ccc(NC(N)=O)cc1)N1C(=O)N[C@]2(CCc3ccccc32)C1=O)C1CCC1. The fourth-order valence-corrected chi connectivity index (χ4v) is 5.61. The molecule has 188 valence electrons. The Bertz CT molecular complexity index is 1210. The number of hydrogen-bond donors (Lipinski definition) is 4. The molecule has 5 rings (SSSR count). The highest BCUT2D eigenvalue weighted by Crippen LogP contribution is 2.42. The van der Waals surface area contributed by atoms with Crippen LogP contribution in [0.2, 0.25) is 0 Å². The lowest BCUT2D eigenvalue weighted by molar-refractivity contribution is -0.139. The van der Waals surface area contributed by atoms with Gasteiger partial charge in [0.2, 0.25) is 5.91 Å². The van der Waals surface area contributed by atoms with E-state index in [1.807, 2.05) is 31.2 Å². The Balaban J connectivity index is 1.44. The molecule has 2 fully saturated rings. The fraction of sp³-hybridized carbons (Fsp3) is 0.407. The minimum Gasteiger partial charge on any atom is -0.352 e. The molecule has 9 heteroatoms. The van der Waals surface area contributed by atoms with Gasteiger partial charge in [0, 0.05) is 18.2 Å². The fourth-order valence-electron chi connectivity index (χ4n) is 5.61. The van der Waals surface area contributed by atoms with Gasteiger partial charge >= 0.3 is 12.1 Å². The summed E-state index contributed by atoms with van der Waals surface area (Å²) in [6.45, 7) is 1.98. The van der Waals surface area contributed by atoms with E-state index < -0.39 is 23.6 Å². The first-order valence-electron chi connectivity index (χ1n) is 12.5. The number of amides is 6. The number of carbonyl (C=O) groups is 4. The third kappa shape index (κ3) is 4.19. The highest BCUT2D eigenvalue weighted by atomic mass is 16.2. The Hall–Kier alpha value is -3.88. The number of nitrogens with two attached hydrogens (primary N) is 1. The second-order valence-corrected chi connectivity index (χ2v) is 10.1. The summed E-state index contributed by atoms with van der Waals surface area (Å²) in [5.41, 5.74) is 7.14. The van der Waals surface area contributed by atoms with E-state index in [1.54, 1.807) is 24.3 Å². The maximum absolute atomic E-state index is 13.9. The van der Waals surface area contributed by atoms with Crippen molar-refractivity contribution in [2.45, 2.75) is 63.1 Å². The van der Waals surface area contributed by atoms with Gasteiger partial charge in [0.25, 0.3) is 5.91 Å². The number of hydrogen-bond acceptors (Lipinski definition) is 4. The third-order valence-electron chi connectivity index (χ3n) is 7.86. The third-order valence-corrected chi connectivity index (χ3v) is 7.86. The van der Waals surface area contributed by atoms with Crippen LogP contribution in [0.15, 0.2) is 48.5 Å². The normalized spacial score (nSPS) is 22.5. The van der Waals surface area contributed by atoms with Gasteiger partial charge in [0.1, 0.15) is 11.6 Å². The lowest BCUT2D eigenvalue weighted by Crippen LogP contribution is -2.54. The molecule has 0 bridgehead atoms. The molecule has 9 nitrogen and oxygen atoms in total. The number of carbonyl (C=O) groups excluding carboxylic acids is 4. The van der Waals surface area contributed by atoms with E-state index >= 15 is 0 Å². The first-order valence-corrected chi connectivity index (χ1v) is 12.5. The first kappa shape index (κ1) is 23.8. The van der Waals surface area contributed by atoms with Crippen molar-refractivity contribution in [1.82, 2.24) is 15.5 Å². The molecule has 1 saturated carbocycles. The summed E-state index contributed by atoms with van der Waals surface area (Å²) in [6, 6.07) is 12.2. The van der Waals surface area contributed by atoms with Crippen molar-refractivity contribution in [2.75, 3.05) is 5.32 Å². The Morgan fingerprint density at radius 1 is 1.14 bits per heavy atom. The number of urea groups is 2. The zero-order valence-corrected chi connectivity index (χ0v) is 20.3. The zero-order valence-electron chi connectivity index (χ0n) is 20.3. The second-order valence-electron chi connectivity index (χ2n) is 10.1. The van der Waals surface area contributed by atoms with Crippen molar-refractivity contribution in [1.29, 1.82) is 0 Å². The number of benzene rings is 2. The maximum atomic E-state index is 13.9. The number of nitrogens with zero attached hydrogens (tertiary/aromatic N) is 1. The summed E-state index contributed by atoms with van der Waals surface area (Å²) in [5, 5.41) is 8.50. The molecule has 0 radical (unpaired) electrons. The summed E-state index contributed by atoms with van der Waals surface area (Å²) in [5.74, 6) is -0.327. The van der Waals surface area contributed by atoms with Crippen LogP contribution < -0.4 is 21.7 Å². The van der Waals surface area contributed by atoms with Gasteiger partial charge in [-0.2, -0.15) is 0 Å². The summed E-state index contributed by atoms with van der Waals surface area (Å²) in [7, 11) is 0. The predicted octanol–water partition coefficient (Wildman–Crippen LogP) is 2.79. The van der Waals surface area contributed by atoms with Crippen LogP contribution in [0.25, 0.3) is 0 Å².